The molecular weight excluding hydrogens is 326 g/mol. The van der Waals surface area contributed by atoms with Crippen LogP contribution in [0.15, 0.2) is 28.7 Å². The minimum atomic E-state index is 0.0700. The minimum absolute atomic E-state index is 0.0700. The number of likely N-dealkylation sites (tertiary alicyclic amines) is 1. The molecule has 1 fully saturated rings. The highest BCUT2D eigenvalue weighted by molar-refractivity contribution is 9.10. The largest absolute Gasteiger partial charge is 0.485 e. The maximum absolute atomic E-state index is 12.4. The van der Waals surface area contributed by atoms with Crippen molar-refractivity contribution in [2.75, 3.05) is 13.2 Å². The van der Waals surface area contributed by atoms with Gasteiger partial charge in [0.05, 0.1) is 6.04 Å². The van der Waals surface area contributed by atoms with Gasteiger partial charge in [-0.2, -0.15) is 0 Å². The van der Waals surface area contributed by atoms with Crippen molar-refractivity contribution < 1.29 is 9.53 Å². The van der Waals surface area contributed by atoms with Gasteiger partial charge < -0.3 is 9.64 Å². The molecule has 102 valence electrons. The quantitative estimate of drug-likeness (QED) is 0.789. The summed E-state index contributed by atoms with van der Waals surface area (Å²) in [6.45, 7) is 3.04. The van der Waals surface area contributed by atoms with Crippen LogP contribution in [-0.4, -0.2) is 35.1 Å². The Kier molecular flexibility index (Phi) is 4.93. The SMILES string of the molecule is CC(=S)OCC1CCCN1C(=O)c1ccc(Br)cc1. The lowest BCUT2D eigenvalue weighted by Gasteiger charge is -2.24. The van der Waals surface area contributed by atoms with Crippen LogP contribution in [0.25, 0.3) is 0 Å². The van der Waals surface area contributed by atoms with Crippen LogP contribution in [0.3, 0.4) is 0 Å². The fourth-order valence-electron chi connectivity index (χ4n) is 2.25. The molecule has 1 atom stereocenters. The molecule has 1 unspecified atom stereocenters. The average molecular weight is 342 g/mol. The second-order valence-electron chi connectivity index (χ2n) is 4.60. The van der Waals surface area contributed by atoms with E-state index in [-0.39, 0.29) is 11.9 Å². The lowest BCUT2D eigenvalue weighted by molar-refractivity contribution is 0.0687. The first-order chi connectivity index (χ1) is 9.08. The van der Waals surface area contributed by atoms with Gasteiger partial charge in [0.15, 0.2) is 5.05 Å². The molecule has 1 aromatic carbocycles. The van der Waals surface area contributed by atoms with E-state index in [9.17, 15) is 4.79 Å². The van der Waals surface area contributed by atoms with E-state index in [4.69, 9.17) is 17.0 Å². The van der Waals surface area contributed by atoms with Crippen molar-refractivity contribution in [2.45, 2.75) is 25.8 Å². The zero-order valence-corrected chi connectivity index (χ0v) is 13.2. The van der Waals surface area contributed by atoms with Crippen LogP contribution in [-0.2, 0) is 4.74 Å². The van der Waals surface area contributed by atoms with E-state index in [1.165, 1.54) is 0 Å². The summed E-state index contributed by atoms with van der Waals surface area (Å²) in [6.07, 6.45) is 2.00. The van der Waals surface area contributed by atoms with Gasteiger partial charge in [0.2, 0.25) is 0 Å². The molecule has 1 aromatic rings. The molecule has 0 aromatic heterocycles. The molecule has 0 N–H and O–H groups in total. The third-order valence-corrected chi connectivity index (χ3v) is 3.85. The van der Waals surface area contributed by atoms with Gasteiger partial charge in [-0.15, -0.1) is 0 Å². The summed E-state index contributed by atoms with van der Waals surface area (Å²) in [5, 5.41) is 0.531. The van der Waals surface area contributed by atoms with E-state index in [0.717, 1.165) is 23.9 Å². The van der Waals surface area contributed by atoms with Crippen molar-refractivity contribution in [1.29, 1.82) is 0 Å². The lowest BCUT2D eigenvalue weighted by atomic mass is 10.2. The van der Waals surface area contributed by atoms with E-state index in [1.54, 1.807) is 6.92 Å². The molecular formula is C14H16BrNO2S. The zero-order chi connectivity index (χ0) is 13.8. The lowest BCUT2D eigenvalue weighted by Crippen LogP contribution is -2.38. The van der Waals surface area contributed by atoms with Gasteiger partial charge in [0.25, 0.3) is 5.91 Å². The Morgan fingerprint density at radius 3 is 2.79 bits per heavy atom. The van der Waals surface area contributed by atoms with Gasteiger partial charge in [0.1, 0.15) is 6.61 Å². The summed E-state index contributed by atoms with van der Waals surface area (Å²) in [6, 6.07) is 7.58. The highest BCUT2D eigenvalue weighted by atomic mass is 79.9. The number of amides is 1. The van der Waals surface area contributed by atoms with Crippen LogP contribution >= 0.6 is 28.1 Å². The van der Waals surface area contributed by atoms with Crippen molar-refractivity contribution in [2.24, 2.45) is 0 Å². The van der Waals surface area contributed by atoms with Gasteiger partial charge in [-0.25, -0.2) is 0 Å². The number of thiocarbonyl (C=S) groups is 1. The number of rotatable bonds is 3. The number of carbonyl (C=O) groups excluding carboxylic acids is 1. The van der Waals surface area contributed by atoms with Crippen LogP contribution in [0.1, 0.15) is 30.1 Å². The number of benzene rings is 1. The molecule has 1 aliphatic rings. The van der Waals surface area contributed by atoms with Gasteiger partial charge in [0, 0.05) is 23.5 Å². The summed E-state index contributed by atoms with van der Waals surface area (Å²) in [5.74, 6) is 0.0700. The first kappa shape index (κ1) is 14.5. The van der Waals surface area contributed by atoms with Gasteiger partial charge in [-0.3, -0.25) is 4.79 Å². The predicted octanol–water partition coefficient (Wildman–Crippen LogP) is 3.42. The fraction of sp³-hybridized carbons (Fsp3) is 0.429. The Morgan fingerprint density at radius 1 is 1.47 bits per heavy atom. The number of ether oxygens (including phenoxy) is 1. The number of carbonyl (C=O) groups is 1. The fourth-order valence-corrected chi connectivity index (χ4v) is 2.58. The number of hydrogen-bond acceptors (Lipinski definition) is 3. The second-order valence-corrected chi connectivity index (χ2v) is 6.09. The Morgan fingerprint density at radius 2 is 2.16 bits per heavy atom. The molecule has 1 aliphatic heterocycles. The minimum Gasteiger partial charge on any atom is -0.485 e. The normalized spacial score (nSPS) is 18.4. The van der Waals surface area contributed by atoms with Crippen molar-refractivity contribution in [3.63, 3.8) is 0 Å². The van der Waals surface area contributed by atoms with Crippen molar-refractivity contribution in [3.05, 3.63) is 34.3 Å². The second kappa shape index (κ2) is 6.48. The van der Waals surface area contributed by atoms with Crippen molar-refractivity contribution >= 4 is 39.1 Å². The van der Waals surface area contributed by atoms with E-state index in [0.29, 0.717) is 17.2 Å². The Bertz CT molecular complexity index is 475. The maximum atomic E-state index is 12.4. The van der Waals surface area contributed by atoms with Crippen LogP contribution < -0.4 is 0 Å². The molecule has 0 radical (unpaired) electrons. The van der Waals surface area contributed by atoms with E-state index >= 15 is 0 Å². The predicted molar refractivity (Wildman–Crippen MR) is 82.4 cm³/mol. The molecule has 2 rings (SSSR count). The third kappa shape index (κ3) is 3.76. The molecule has 5 heteroatoms. The smallest absolute Gasteiger partial charge is 0.254 e. The Balaban J connectivity index is 2.04. The summed E-state index contributed by atoms with van der Waals surface area (Å²) >= 11 is 8.28. The Hall–Kier alpha value is -0.940. The number of halogens is 1. The highest BCUT2D eigenvalue weighted by Gasteiger charge is 2.29. The Labute approximate surface area is 127 Å². The van der Waals surface area contributed by atoms with Crippen molar-refractivity contribution in [3.8, 4) is 0 Å². The van der Waals surface area contributed by atoms with E-state index < -0.39 is 0 Å². The summed E-state index contributed by atoms with van der Waals surface area (Å²) in [7, 11) is 0. The zero-order valence-electron chi connectivity index (χ0n) is 10.8. The van der Waals surface area contributed by atoms with Crippen LogP contribution in [0.2, 0.25) is 0 Å². The van der Waals surface area contributed by atoms with Crippen LogP contribution in [0.4, 0.5) is 0 Å². The average Bonchev–Trinajstić information content (AvgIpc) is 2.84. The molecule has 19 heavy (non-hydrogen) atoms. The van der Waals surface area contributed by atoms with Gasteiger partial charge in [-0.1, -0.05) is 15.9 Å². The molecule has 3 nitrogen and oxygen atoms in total. The summed E-state index contributed by atoms with van der Waals surface area (Å²) < 4.78 is 6.37. The summed E-state index contributed by atoms with van der Waals surface area (Å²) in [4.78, 5) is 14.3. The highest BCUT2D eigenvalue weighted by Crippen LogP contribution is 2.21. The first-order valence-electron chi connectivity index (χ1n) is 6.28. The first-order valence-corrected chi connectivity index (χ1v) is 7.48. The van der Waals surface area contributed by atoms with E-state index in [2.05, 4.69) is 15.9 Å². The number of nitrogens with zero attached hydrogens (tertiary/aromatic N) is 1. The third-order valence-electron chi connectivity index (χ3n) is 3.21. The molecule has 1 heterocycles. The monoisotopic (exact) mass is 341 g/mol. The van der Waals surface area contributed by atoms with Gasteiger partial charge >= 0.3 is 0 Å². The molecule has 0 saturated carbocycles. The topological polar surface area (TPSA) is 29.5 Å². The molecule has 0 bridgehead atoms. The standard InChI is InChI=1S/C14H16BrNO2S/c1-10(19)18-9-13-3-2-8-16(13)14(17)11-4-6-12(15)7-5-11/h4-7,13H,2-3,8-9H2,1H3. The van der Waals surface area contributed by atoms with Crippen molar-refractivity contribution in [1.82, 2.24) is 4.90 Å². The van der Waals surface area contributed by atoms with Crippen LogP contribution in [0.5, 0.6) is 0 Å². The molecule has 0 aliphatic carbocycles. The number of hydrogen-bond donors (Lipinski definition) is 0. The van der Waals surface area contributed by atoms with E-state index in [1.807, 2.05) is 29.2 Å². The maximum Gasteiger partial charge on any atom is 0.254 e. The van der Waals surface area contributed by atoms with Crippen LogP contribution in [0, 0.1) is 0 Å². The molecule has 0 spiro atoms. The molecule has 1 amide bonds. The van der Waals surface area contributed by atoms with Gasteiger partial charge in [-0.05, 0) is 49.3 Å². The summed E-state index contributed by atoms with van der Waals surface area (Å²) in [5.41, 5.74) is 0.717. The molecule has 1 saturated heterocycles.